The molecule has 6 nitrogen and oxygen atoms in total. The van der Waals surface area contributed by atoms with Gasteiger partial charge in [-0.1, -0.05) is 35.5 Å². The molecule has 0 spiro atoms. The van der Waals surface area contributed by atoms with Crippen LogP contribution in [-0.4, -0.2) is 27.6 Å². The Hall–Kier alpha value is -3.15. The summed E-state index contributed by atoms with van der Waals surface area (Å²) in [5.74, 6) is 0.580. The van der Waals surface area contributed by atoms with Gasteiger partial charge in [0.05, 0.1) is 6.04 Å². The third-order valence-electron chi connectivity index (χ3n) is 4.74. The van der Waals surface area contributed by atoms with E-state index in [0.717, 1.165) is 30.5 Å². The molecule has 0 aliphatic carbocycles. The van der Waals surface area contributed by atoms with E-state index in [2.05, 4.69) is 15.5 Å². The van der Waals surface area contributed by atoms with E-state index in [1.165, 1.54) is 0 Å². The normalized spacial score (nSPS) is 16.7. The third kappa shape index (κ3) is 3.06. The zero-order valence-corrected chi connectivity index (χ0v) is 14.6. The Bertz CT molecular complexity index is 893. The van der Waals surface area contributed by atoms with Crippen LogP contribution in [0.2, 0.25) is 0 Å². The molecule has 2 aromatic heterocycles. The van der Waals surface area contributed by atoms with Gasteiger partial charge in [0.1, 0.15) is 11.4 Å². The number of nitrogens with one attached hydrogen (secondary N) is 1. The highest BCUT2D eigenvalue weighted by Crippen LogP contribution is 2.34. The highest BCUT2D eigenvalue weighted by molar-refractivity contribution is 5.94. The number of urea groups is 1. The molecule has 4 rings (SSSR count). The fourth-order valence-electron chi connectivity index (χ4n) is 3.42. The number of benzene rings is 1. The molecule has 132 valence electrons. The number of rotatable bonds is 3. The zero-order valence-electron chi connectivity index (χ0n) is 14.6. The first-order valence-corrected chi connectivity index (χ1v) is 8.73. The van der Waals surface area contributed by atoms with Crippen LogP contribution in [0.4, 0.5) is 10.5 Å². The van der Waals surface area contributed by atoms with Gasteiger partial charge in [0, 0.05) is 24.5 Å². The molecule has 1 aromatic carbocycles. The van der Waals surface area contributed by atoms with Crippen LogP contribution in [0.1, 0.15) is 30.1 Å². The van der Waals surface area contributed by atoms with Gasteiger partial charge in [0.15, 0.2) is 5.76 Å². The Morgan fingerprint density at radius 1 is 1.19 bits per heavy atom. The lowest BCUT2D eigenvalue weighted by molar-refractivity contribution is 0.207. The maximum Gasteiger partial charge on any atom is 0.322 e. The Morgan fingerprint density at radius 3 is 2.73 bits per heavy atom. The summed E-state index contributed by atoms with van der Waals surface area (Å²) in [6.45, 7) is 2.56. The van der Waals surface area contributed by atoms with Crippen molar-refractivity contribution in [1.29, 1.82) is 0 Å². The van der Waals surface area contributed by atoms with Gasteiger partial charge in [-0.2, -0.15) is 0 Å². The van der Waals surface area contributed by atoms with Crippen molar-refractivity contribution in [3.8, 4) is 11.3 Å². The molecule has 1 aliphatic heterocycles. The number of hydrogen-bond donors (Lipinski definition) is 1. The predicted molar refractivity (Wildman–Crippen MR) is 98.6 cm³/mol. The number of anilines is 1. The molecule has 6 heteroatoms. The monoisotopic (exact) mass is 348 g/mol. The van der Waals surface area contributed by atoms with E-state index in [1.54, 1.807) is 12.4 Å². The molecule has 1 fully saturated rings. The van der Waals surface area contributed by atoms with Gasteiger partial charge in [0.25, 0.3) is 0 Å². The quantitative estimate of drug-likeness (QED) is 0.761. The van der Waals surface area contributed by atoms with Crippen molar-refractivity contribution in [2.45, 2.75) is 25.8 Å². The average molecular weight is 348 g/mol. The van der Waals surface area contributed by atoms with Crippen LogP contribution in [0.3, 0.4) is 0 Å². The number of amides is 2. The van der Waals surface area contributed by atoms with Gasteiger partial charge in [0.2, 0.25) is 0 Å². The smallest absolute Gasteiger partial charge is 0.322 e. The summed E-state index contributed by atoms with van der Waals surface area (Å²) < 4.78 is 5.46. The van der Waals surface area contributed by atoms with Gasteiger partial charge in [-0.15, -0.1) is 0 Å². The summed E-state index contributed by atoms with van der Waals surface area (Å²) >= 11 is 0. The molecule has 1 unspecified atom stereocenters. The van der Waals surface area contributed by atoms with Crippen LogP contribution >= 0.6 is 0 Å². The van der Waals surface area contributed by atoms with Crippen LogP contribution in [0, 0.1) is 6.92 Å². The maximum absolute atomic E-state index is 13.0. The molecule has 3 aromatic rings. The molecular formula is C20H20N4O2. The molecule has 1 saturated heterocycles. The molecule has 2 amide bonds. The molecule has 1 aliphatic rings. The summed E-state index contributed by atoms with van der Waals surface area (Å²) in [6, 6.07) is 13.5. The standard InChI is InChI=1S/C20H20N4O2/c1-14-18(19(26-23-14)16-6-3-2-4-7-16)22-20(25)24-13-5-8-17(24)15-9-11-21-12-10-15/h2-4,6-7,9-12,17H,5,8,13H2,1H3,(H,22,25). The lowest BCUT2D eigenvalue weighted by Crippen LogP contribution is -2.34. The minimum absolute atomic E-state index is 0.0679. The van der Waals surface area contributed by atoms with Crippen LogP contribution in [-0.2, 0) is 0 Å². The van der Waals surface area contributed by atoms with Gasteiger partial charge < -0.3 is 14.7 Å². The highest BCUT2D eigenvalue weighted by Gasteiger charge is 2.31. The van der Waals surface area contributed by atoms with Crippen molar-refractivity contribution in [3.63, 3.8) is 0 Å². The van der Waals surface area contributed by atoms with Crippen molar-refractivity contribution in [2.75, 3.05) is 11.9 Å². The second-order valence-electron chi connectivity index (χ2n) is 6.40. The van der Waals surface area contributed by atoms with E-state index >= 15 is 0 Å². The molecular weight excluding hydrogens is 328 g/mol. The highest BCUT2D eigenvalue weighted by atomic mass is 16.5. The fourth-order valence-corrected chi connectivity index (χ4v) is 3.42. The van der Waals surface area contributed by atoms with Gasteiger partial charge >= 0.3 is 6.03 Å². The largest absolute Gasteiger partial charge is 0.354 e. The Labute approximate surface area is 151 Å². The fraction of sp³-hybridized carbons (Fsp3) is 0.250. The average Bonchev–Trinajstić information content (AvgIpc) is 3.31. The van der Waals surface area contributed by atoms with Crippen molar-refractivity contribution in [3.05, 3.63) is 66.1 Å². The van der Waals surface area contributed by atoms with Gasteiger partial charge in [-0.25, -0.2) is 4.79 Å². The molecule has 3 heterocycles. The van der Waals surface area contributed by atoms with E-state index in [9.17, 15) is 4.79 Å². The SMILES string of the molecule is Cc1noc(-c2ccccc2)c1NC(=O)N1CCCC1c1ccncc1. The van der Waals surface area contributed by atoms with Crippen molar-refractivity contribution >= 4 is 11.7 Å². The maximum atomic E-state index is 13.0. The third-order valence-corrected chi connectivity index (χ3v) is 4.74. The summed E-state index contributed by atoms with van der Waals surface area (Å²) in [5, 5.41) is 7.05. The molecule has 0 saturated carbocycles. The van der Waals surface area contributed by atoms with Crippen LogP contribution in [0.5, 0.6) is 0 Å². The predicted octanol–water partition coefficient (Wildman–Crippen LogP) is 4.41. The van der Waals surface area contributed by atoms with Gasteiger partial charge in [-0.3, -0.25) is 4.98 Å². The first-order valence-electron chi connectivity index (χ1n) is 8.73. The second-order valence-corrected chi connectivity index (χ2v) is 6.40. The number of aryl methyl sites for hydroxylation is 1. The molecule has 0 bridgehead atoms. The minimum atomic E-state index is -0.132. The first kappa shape index (κ1) is 16.3. The Kier molecular flexibility index (Phi) is 4.39. The van der Waals surface area contributed by atoms with E-state index in [4.69, 9.17) is 4.52 Å². The van der Waals surface area contributed by atoms with Gasteiger partial charge in [-0.05, 0) is 37.5 Å². The Balaban J connectivity index is 1.58. The van der Waals surface area contributed by atoms with Crippen molar-refractivity contribution < 1.29 is 9.32 Å². The number of hydrogen-bond acceptors (Lipinski definition) is 4. The summed E-state index contributed by atoms with van der Waals surface area (Å²) in [5.41, 5.74) is 3.28. The first-order chi connectivity index (χ1) is 12.7. The van der Waals surface area contributed by atoms with Crippen molar-refractivity contribution in [2.24, 2.45) is 0 Å². The Morgan fingerprint density at radius 2 is 1.96 bits per heavy atom. The number of likely N-dealkylation sites (tertiary alicyclic amines) is 1. The minimum Gasteiger partial charge on any atom is -0.354 e. The topological polar surface area (TPSA) is 71.3 Å². The summed E-state index contributed by atoms with van der Waals surface area (Å²) in [7, 11) is 0. The van der Waals surface area contributed by atoms with Crippen molar-refractivity contribution in [1.82, 2.24) is 15.0 Å². The lowest BCUT2D eigenvalue weighted by Gasteiger charge is -2.25. The molecule has 26 heavy (non-hydrogen) atoms. The summed E-state index contributed by atoms with van der Waals surface area (Å²) in [4.78, 5) is 18.9. The van der Waals surface area contributed by atoms with E-state index in [0.29, 0.717) is 17.1 Å². The van der Waals surface area contributed by atoms with Crippen LogP contribution in [0.25, 0.3) is 11.3 Å². The molecule has 1 N–H and O–H groups in total. The van der Waals surface area contributed by atoms with E-state index in [1.807, 2.05) is 54.3 Å². The van der Waals surface area contributed by atoms with E-state index in [-0.39, 0.29) is 12.1 Å². The number of pyridine rings is 1. The van der Waals surface area contributed by atoms with Crippen LogP contribution in [0.15, 0.2) is 59.4 Å². The van der Waals surface area contributed by atoms with E-state index < -0.39 is 0 Å². The van der Waals surface area contributed by atoms with Crippen LogP contribution < -0.4 is 5.32 Å². The summed E-state index contributed by atoms with van der Waals surface area (Å²) in [6.07, 6.45) is 5.46. The number of nitrogens with zero attached hydrogens (tertiary/aromatic N) is 3. The number of carbonyl (C=O) groups excluding carboxylic acids is 1. The molecule has 0 radical (unpaired) electrons. The number of carbonyl (C=O) groups is 1. The second kappa shape index (κ2) is 7.00. The number of aromatic nitrogens is 2. The lowest BCUT2D eigenvalue weighted by atomic mass is 10.1. The molecule has 1 atom stereocenters. The zero-order chi connectivity index (χ0) is 17.9.